The molecule has 1 amide bonds. The zero-order valence-corrected chi connectivity index (χ0v) is 13.3. The van der Waals surface area contributed by atoms with Crippen LogP contribution in [-0.4, -0.2) is 58.0 Å². The zero-order chi connectivity index (χ0) is 16.2. The second kappa shape index (κ2) is 6.74. The van der Waals surface area contributed by atoms with Crippen LogP contribution in [0.2, 0.25) is 0 Å². The van der Waals surface area contributed by atoms with Crippen LogP contribution in [0.15, 0.2) is 23.0 Å². The summed E-state index contributed by atoms with van der Waals surface area (Å²) in [7, 11) is 3.78. The van der Waals surface area contributed by atoms with E-state index in [0.717, 1.165) is 17.0 Å². The fourth-order valence-corrected chi connectivity index (χ4v) is 2.54. The normalized spacial score (nSPS) is 14.0. The Morgan fingerprint density at radius 1 is 1.39 bits per heavy atom. The minimum Gasteiger partial charge on any atom is -0.361 e. The van der Waals surface area contributed by atoms with Gasteiger partial charge in [-0.15, -0.1) is 0 Å². The number of carbonyl (C=O) groups excluding carboxylic acids is 1. The summed E-state index contributed by atoms with van der Waals surface area (Å²) in [5, 5.41) is 7.24. The molecule has 1 aliphatic heterocycles. The van der Waals surface area contributed by atoms with Crippen molar-refractivity contribution in [3.05, 3.63) is 35.5 Å². The van der Waals surface area contributed by atoms with E-state index in [0.29, 0.717) is 38.5 Å². The number of likely N-dealkylation sites (N-methyl/N-ethyl adjacent to an activating group) is 1. The lowest BCUT2D eigenvalue weighted by molar-refractivity contribution is -0.132. The standard InChI is InChI=1S/C15H20N6O2/c1-20(2)10-14(22)21-7-4-13-11(9-21)12(19-23-13)8-18-15-16-5-3-6-17-15/h3,5-6H,4,7-10H2,1-2H3,(H,16,17,18). The Morgan fingerprint density at radius 2 is 2.17 bits per heavy atom. The van der Waals surface area contributed by atoms with Crippen molar-refractivity contribution in [2.45, 2.75) is 19.5 Å². The van der Waals surface area contributed by atoms with E-state index >= 15 is 0 Å². The molecule has 122 valence electrons. The molecule has 3 heterocycles. The van der Waals surface area contributed by atoms with Gasteiger partial charge in [0, 0.05) is 30.9 Å². The molecule has 0 saturated heterocycles. The molecule has 0 aromatic carbocycles. The minimum absolute atomic E-state index is 0.118. The molecule has 0 spiro atoms. The SMILES string of the molecule is CN(C)CC(=O)N1CCc2onc(CNc3ncccn3)c2C1. The molecule has 1 aliphatic rings. The predicted octanol–water partition coefficient (Wildman–Crippen LogP) is 0.523. The van der Waals surface area contributed by atoms with Crippen LogP contribution >= 0.6 is 0 Å². The molecular weight excluding hydrogens is 296 g/mol. The van der Waals surface area contributed by atoms with E-state index < -0.39 is 0 Å². The second-order valence-corrected chi connectivity index (χ2v) is 5.76. The molecule has 0 aliphatic carbocycles. The average Bonchev–Trinajstić information content (AvgIpc) is 2.95. The number of nitrogens with one attached hydrogen (secondary N) is 1. The molecule has 2 aromatic rings. The quantitative estimate of drug-likeness (QED) is 0.860. The van der Waals surface area contributed by atoms with E-state index in [1.54, 1.807) is 18.5 Å². The summed E-state index contributed by atoms with van der Waals surface area (Å²) in [6.07, 6.45) is 4.05. The Balaban J connectivity index is 1.67. The van der Waals surface area contributed by atoms with Crippen LogP contribution in [0.25, 0.3) is 0 Å². The first-order chi connectivity index (χ1) is 11.1. The highest BCUT2D eigenvalue weighted by Gasteiger charge is 2.26. The summed E-state index contributed by atoms with van der Waals surface area (Å²) in [4.78, 5) is 24.2. The highest BCUT2D eigenvalue weighted by molar-refractivity contribution is 5.78. The van der Waals surface area contributed by atoms with Gasteiger partial charge in [0.2, 0.25) is 11.9 Å². The van der Waals surface area contributed by atoms with E-state index in [1.165, 1.54) is 0 Å². The molecular formula is C15H20N6O2. The highest BCUT2D eigenvalue weighted by Crippen LogP contribution is 2.23. The van der Waals surface area contributed by atoms with Gasteiger partial charge in [0.1, 0.15) is 11.5 Å². The molecule has 0 fully saturated rings. The Labute approximate surface area is 134 Å². The van der Waals surface area contributed by atoms with Gasteiger partial charge in [-0.2, -0.15) is 0 Å². The van der Waals surface area contributed by atoms with Crippen molar-refractivity contribution in [2.75, 3.05) is 32.5 Å². The van der Waals surface area contributed by atoms with Crippen molar-refractivity contribution in [2.24, 2.45) is 0 Å². The van der Waals surface area contributed by atoms with Gasteiger partial charge in [-0.05, 0) is 20.2 Å². The molecule has 8 nitrogen and oxygen atoms in total. The molecule has 0 radical (unpaired) electrons. The Kier molecular flexibility index (Phi) is 4.52. The molecule has 0 bridgehead atoms. The van der Waals surface area contributed by atoms with Gasteiger partial charge in [-0.25, -0.2) is 9.97 Å². The molecule has 3 rings (SSSR count). The number of fused-ring (bicyclic) bond motifs is 1. The first-order valence-corrected chi connectivity index (χ1v) is 7.53. The fraction of sp³-hybridized carbons (Fsp3) is 0.467. The van der Waals surface area contributed by atoms with Gasteiger partial charge in [0.25, 0.3) is 0 Å². The summed E-state index contributed by atoms with van der Waals surface area (Å²) in [6, 6.07) is 1.76. The van der Waals surface area contributed by atoms with Gasteiger partial charge < -0.3 is 19.6 Å². The van der Waals surface area contributed by atoms with Crippen LogP contribution in [-0.2, 0) is 24.3 Å². The van der Waals surface area contributed by atoms with E-state index in [4.69, 9.17) is 4.52 Å². The lowest BCUT2D eigenvalue weighted by atomic mass is 10.1. The first kappa shape index (κ1) is 15.4. The third-order valence-corrected chi connectivity index (χ3v) is 3.69. The number of hydrogen-bond donors (Lipinski definition) is 1. The first-order valence-electron chi connectivity index (χ1n) is 7.53. The van der Waals surface area contributed by atoms with Gasteiger partial charge >= 0.3 is 0 Å². The lowest BCUT2D eigenvalue weighted by Crippen LogP contribution is -2.40. The monoisotopic (exact) mass is 316 g/mol. The second-order valence-electron chi connectivity index (χ2n) is 5.76. The third kappa shape index (κ3) is 3.65. The van der Waals surface area contributed by atoms with Crippen molar-refractivity contribution < 1.29 is 9.32 Å². The van der Waals surface area contributed by atoms with Crippen LogP contribution in [0, 0.1) is 0 Å². The van der Waals surface area contributed by atoms with Crippen LogP contribution in [0.3, 0.4) is 0 Å². The average molecular weight is 316 g/mol. The molecule has 0 saturated carbocycles. The number of hydrogen-bond acceptors (Lipinski definition) is 7. The minimum atomic E-state index is 0.118. The molecule has 8 heteroatoms. The Morgan fingerprint density at radius 3 is 2.91 bits per heavy atom. The summed E-state index contributed by atoms with van der Waals surface area (Å²) in [6.45, 7) is 2.09. The van der Waals surface area contributed by atoms with Crippen LogP contribution < -0.4 is 5.32 Å². The van der Waals surface area contributed by atoms with Crippen molar-refractivity contribution >= 4 is 11.9 Å². The maximum Gasteiger partial charge on any atom is 0.237 e. The number of carbonyl (C=O) groups is 1. The molecule has 1 N–H and O–H groups in total. The molecule has 0 unspecified atom stereocenters. The maximum absolute atomic E-state index is 12.2. The van der Waals surface area contributed by atoms with Crippen molar-refractivity contribution in [1.29, 1.82) is 0 Å². The van der Waals surface area contributed by atoms with Crippen molar-refractivity contribution in [3.63, 3.8) is 0 Å². The number of amides is 1. The van der Waals surface area contributed by atoms with Crippen LogP contribution in [0.4, 0.5) is 5.95 Å². The predicted molar refractivity (Wildman–Crippen MR) is 83.5 cm³/mol. The highest BCUT2D eigenvalue weighted by atomic mass is 16.5. The molecule has 2 aromatic heterocycles. The van der Waals surface area contributed by atoms with E-state index in [1.807, 2.05) is 23.9 Å². The number of rotatable bonds is 5. The number of aromatic nitrogens is 3. The van der Waals surface area contributed by atoms with Gasteiger partial charge in [-0.3, -0.25) is 4.79 Å². The molecule has 0 atom stereocenters. The summed E-state index contributed by atoms with van der Waals surface area (Å²) >= 11 is 0. The van der Waals surface area contributed by atoms with Crippen LogP contribution in [0.5, 0.6) is 0 Å². The van der Waals surface area contributed by atoms with E-state index in [2.05, 4.69) is 20.4 Å². The van der Waals surface area contributed by atoms with Gasteiger partial charge in [0.05, 0.1) is 19.6 Å². The maximum atomic E-state index is 12.2. The third-order valence-electron chi connectivity index (χ3n) is 3.69. The summed E-state index contributed by atoms with van der Waals surface area (Å²) in [5.41, 5.74) is 1.79. The van der Waals surface area contributed by atoms with E-state index in [-0.39, 0.29) is 5.91 Å². The largest absolute Gasteiger partial charge is 0.361 e. The summed E-state index contributed by atoms with van der Waals surface area (Å²) in [5.74, 6) is 1.53. The van der Waals surface area contributed by atoms with Gasteiger partial charge in [0.15, 0.2) is 0 Å². The Hall–Kier alpha value is -2.48. The van der Waals surface area contributed by atoms with Crippen molar-refractivity contribution in [3.8, 4) is 0 Å². The number of nitrogens with zero attached hydrogens (tertiary/aromatic N) is 5. The van der Waals surface area contributed by atoms with E-state index in [9.17, 15) is 4.79 Å². The Bertz CT molecular complexity index is 670. The van der Waals surface area contributed by atoms with Gasteiger partial charge in [-0.1, -0.05) is 5.16 Å². The van der Waals surface area contributed by atoms with Crippen molar-refractivity contribution in [1.82, 2.24) is 24.9 Å². The smallest absolute Gasteiger partial charge is 0.237 e. The number of anilines is 1. The zero-order valence-electron chi connectivity index (χ0n) is 13.3. The summed E-state index contributed by atoms with van der Waals surface area (Å²) < 4.78 is 5.41. The topological polar surface area (TPSA) is 87.4 Å². The molecule has 23 heavy (non-hydrogen) atoms. The fourth-order valence-electron chi connectivity index (χ4n) is 2.54. The lowest BCUT2D eigenvalue weighted by Gasteiger charge is -2.27. The van der Waals surface area contributed by atoms with Crippen LogP contribution in [0.1, 0.15) is 17.0 Å².